The van der Waals surface area contributed by atoms with Gasteiger partial charge in [-0.3, -0.25) is 0 Å². The van der Waals surface area contributed by atoms with Crippen LogP contribution in [0.5, 0.6) is 11.5 Å². The van der Waals surface area contributed by atoms with Gasteiger partial charge in [-0.05, 0) is 24.5 Å². The van der Waals surface area contributed by atoms with Crippen molar-refractivity contribution in [3.63, 3.8) is 0 Å². The minimum absolute atomic E-state index is 0.710. The molecule has 0 atom stereocenters. The monoisotopic (exact) mass is 334 g/mol. The summed E-state index contributed by atoms with van der Waals surface area (Å²) in [5, 5.41) is 0.783. The van der Waals surface area contributed by atoms with Gasteiger partial charge in [0.2, 0.25) is 0 Å². The summed E-state index contributed by atoms with van der Waals surface area (Å²) in [5.41, 5.74) is 2.49. The van der Waals surface area contributed by atoms with E-state index in [4.69, 9.17) is 9.47 Å². The molecule has 0 N–H and O–H groups in total. The van der Waals surface area contributed by atoms with Crippen LogP contribution >= 0.6 is 15.9 Å². The van der Waals surface area contributed by atoms with Gasteiger partial charge in [-0.1, -0.05) is 52.3 Å². The quantitative estimate of drug-likeness (QED) is 0.544. The smallest absolute Gasteiger partial charge is 0.127 e. The summed E-state index contributed by atoms with van der Waals surface area (Å²) in [6.45, 7) is 0.710. The molecule has 0 aliphatic heterocycles. The summed E-state index contributed by atoms with van der Waals surface area (Å²) in [7, 11) is 1.67. The molecule has 0 saturated heterocycles. The Kier molecular flexibility index (Phi) is 5.93. The first-order valence-corrected chi connectivity index (χ1v) is 7.85. The van der Waals surface area contributed by atoms with Crippen LogP contribution in [-0.4, -0.2) is 13.7 Å². The first-order valence-electron chi connectivity index (χ1n) is 6.73. The van der Waals surface area contributed by atoms with Crippen LogP contribution in [0.3, 0.4) is 0 Å². The molecule has 0 bridgehead atoms. The van der Waals surface area contributed by atoms with Crippen molar-refractivity contribution in [2.45, 2.75) is 18.2 Å². The topological polar surface area (TPSA) is 18.5 Å². The van der Waals surface area contributed by atoms with Crippen molar-refractivity contribution >= 4 is 15.9 Å². The molecule has 0 aliphatic carbocycles. The molecule has 2 nitrogen and oxygen atoms in total. The van der Waals surface area contributed by atoms with Gasteiger partial charge in [-0.2, -0.15) is 0 Å². The van der Waals surface area contributed by atoms with Gasteiger partial charge in [0.05, 0.1) is 13.7 Å². The SMILES string of the molecule is COc1ccc(CBr)c(OCCCc2ccccc2)c1. The largest absolute Gasteiger partial charge is 0.497 e. The van der Waals surface area contributed by atoms with Gasteiger partial charge in [-0.15, -0.1) is 0 Å². The second-order valence-electron chi connectivity index (χ2n) is 4.54. The zero-order chi connectivity index (χ0) is 14.2. The second-order valence-corrected chi connectivity index (χ2v) is 5.11. The van der Waals surface area contributed by atoms with Gasteiger partial charge < -0.3 is 9.47 Å². The first-order chi connectivity index (χ1) is 9.83. The van der Waals surface area contributed by atoms with E-state index >= 15 is 0 Å². The number of methoxy groups -OCH3 is 1. The van der Waals surface area contributed by atoms with E-state index in [1.807, 2.05) is 24.3 Å². The van der Waals surface area contributed by atoms with E-state index in [2.05, 4.69) is 40.2 Å². The molecular formula is C17H19BrO2. The molecule has 0 radical (unpaired) electrons. The highest BCUT2D eigenvalue weighted by atomic mass is 79.9. The summed E-state index contributed by atoms with van der Waals surface area (Å²) in [4.78, 5) is 0. The van der Waals surface area contributed by atoms with Crippen molar-refractivity contribution in [1.82, 2.24) is 0 Å². The lowest BCUT2D eigenvalue weighted by Gasteiger charge is -2.11. The van der Waals surface area contributed by atoms with Crippen molar-refractivity contribution in [2.75, 3.05) is 13.7 Å². The summed E-state index contributed by atoms with van der Waals surface area (Å²) >= 11 is 3.48. The zero-order valence-corrected chi connectivity index (χ0v) is 13.2. The highest BCUT2D eigenvalue weighted by Gasteiger charge is 2.04. The number of benzene rings is 2. The second kappa shape index (κ2) is 7.95. The zero-order valence-electron chi connectivity index (χ0n) is 11.6. The number of rotatable bonds is 7. The van der Waals surface area contributed by atoms with Gasteiger partial charge in [0, 0.05) is 17.0 Å². The molecule has 3 heteroatoms. The normalized spacial score (nSPS) is 10.3. The van der Waals surface area contributed by atoms with Crippen molar-refractivity contribution in [1.29, 1.82) is 0 Å². The van der Waals surface area contributed by atoms with Gasteiger partial charge in [-0.25, -0.2) is 0 Å². The summed E-state index contributed by atoms with van der Waals surface area (Å²) in [6, 6.07) is 16.4. The number of ether oxygens (including phenoxy) is 2. The summed E-state index contributed by atoms with van der Waals surface area (Å²) in [5.74, 6) is 1.72. The Balaban J connectivity index is 1.87. The highest BCUT2D eigenvalue weighted by molar-refractivity contribution is 9.08. The number of hydrogen-bond acceptors (Lipinski definition) is 2. The van der Waals surface area contributed by atoms with Gasteiger partial charge >= 0.3 is 0 Å². The molecule has 0 fully saturated rings. The molecular weight excluding hydrogens is 316 g/mol. The third-order valence-corrected chi connectivity index (χ3v) is 3.73. The Morgan fingerprint density at radius 2 is 1.85 bits per heavy atom. The van der Waals surface area contributed by atoms with Crippen LogP contribution in [0.25, 0.3) is 0 Å². The van der Waals surface area contributed by atoms with Crippen LogP contribution in [0.1, 0.15) is 17.5 Å². The number of aryl methyl sites for hydroxylation is 1. The van der Waals surface area contributed by atoms with Crippen molar-refractivity contribution in [3.8, 4) is 11.5 Å². The molecule has 20 heavy (non-hydrogen) atoms. The molecule has 0 aromatic heterocycles. The molecule has 0 heterocycles. The Morgan fingerprint density at radius 1 is 1.05 bits per heavy atom. The average Bonchev–Trinajstić information content (AvgIpc) is 2.52. The fourth-order valence-corrected chi connectivity index (χ4v) is 2.47. The summed E-state index contributed by atoms with van der Waals surface area (Å²) < 4.78 is 11.1. The predicted octanol–water partition coefficient (Wildman–Crippen LogP) is 4.60. The van der Waals surface area contributed by atoms with E-state index in [0.717, 1.165) is 35.2 Å². The molecule has 2 rings (SSSR count). The molecule has 106 valence electrons. The number of hydrogen-bond donors (Lipinski definition) is 0. The molecule has 2 aromatic rings. The average molecular weight is 335 g/mol. The molecule has 0 unspecified atom stereocenters. The third-order valence-electron chi connectivity index (χ3n) is 3.13. The molecule has 0 aliphatic rings. The Morgan fingerprint density at radius 3 is 2.55 bits per heavy atom. The maximum absolute atomic E-state index is 5.88. The lowest BCUT2D eigenvalue weighted by atomic mass is 10.1. The summed E-state index contributed by atoms with van der Waals surface area (Å²) in [6.07, 6.45) is 2.04. The fourth-order valence-electron chi connectivity index (χ4n) is 2.01. The minimum Gasteiger partial charge on any atom is -0.497 e. The van der Waals surface area contributed by atoms with Crippen molar-refractivity contribution in [3.05, 3.63) is 59.7 Å². The predicted molar refractivity (Wildman–Crippen MR) is 85.9 cm³/mol. The van der Waals surface area contributed by atoms with Gasteiger partial charge in [0.1, 0.15) is 11.5 Å². The van der Waals surface area contributed by atoms with Crippen LogP contribution in [0, 0.1) is 0 Å². The molecule has 0 saturated carbocycles. The standard InChI is InChI=1S/C17H19BrO2/c1-19-16-10-9-15(13-18)17(12-16)20-11-5-8-14-6-3-2-4-7-14/h2-4,6-7,9-10,12H,5,8,11,13H2,1H3. The van der Waals surface area contributed by atoms with E-state index in [9.17, 15) is 0 Å². The first kappa shape index (κ1) is 14.9. The van der Waals surface area contributed by atoms with Gasteiger partial charge in [0.15, 0.2) is 0 Å². The lowest BCUT2D eigenvalue weighted by Crippen LogP contribution is -2.01. The molecule has 0 amide bonds. The third kappa shape index (κ3) is 4.27. The van der Waals surface area contributed by atoms with E-state index in [1.165, 1.54) is 5.56 Å². The van der Waals surface area contributed by atoms with E-state index in [0.29, 0.717) is 6.61 Å². The van der Waals surface area contributed by atoms with Crippen LogP contribution in [0.15, 0.2) is 48.5 Å². The van der Waals surface area contributed by atoms with Crippen molar-refractivity contribution in [2.24, 2.45) is 0 Å². The molecule has 2 aromatic carbocycles. The highest BCUT2D eigenvalue weighted by Crippen LogP contribution is 2.26. The van der Waals surface area contributed by atoms with Gasteiger partial charge in [0.25, 0.3) is 0 Å². The Bertz CT molecular complexity index is 526. The van der Waals surface area contributed by atoms with Crippen LogP contribution in [0.2, 0.25) is 0 Å². The Labute approximate surface area is 128 Å². The van der Waals surface area contributed by atoms with Crippen LogP contribution < -0.4 is 9.47 Å². The van der Waals surface area contributed by atoms with Crippen LogP contribution in [-0.2, 0) is 11.8 Å². The lowest BCUT2D eigenvalue weighted by molar-refractivity contribution is 0.306. The van der Waals surface area contributed by atoms with Crippen molar-refractivity contribution < 1.29 is 9.47 Å². The van der Waals surface area contributed by atoms with E-state index in [1.54, 1.807) is 7.11 Å². The molecule has 0 spiro atoms. The number of alkyl halides is 1. The van der Waals surface area contributed by atoms with E-state index in [-0.39, 0.29) is 0 Å². The Hall–Kier alpha value is -1.48. The fraction of sp³-hybridized carbons (Fsp3) is 0.294. The van der Waals surface area contributed by atoms with E-state index < -0.39 is 0 Å². The minimum atomic E-state index is 0.710. The van der Waals surface area contributed by atoms with Crippen LogP contribution in [0.4, 0.5) is 0 Å². The maximum atomic E-state index is 5.88. The number of halogens is 1. The maximum Gasteiger partial charge on any atom is 0.127 e.